The van der Waals surface area contributed by atoms with Gasteiger partial charge in [-0.25, -0.2) is 0 Å². The van der Waals surface area contributed by atoms with Gasteiger partial charge in [-0.15, -0.1) is 11.3 Å². The molecule has 0 bridgehead atoms. The SMILES string of the molecule is CCC1CN(C(=O)c2cc3c(s2)-c2ccccc2CC3)CCO1. The van der Waals surface area contributed by atoms with Gasteiger partial charge in [-0.3, -0.25) is 4.79 Å². The van der Waals surface area contributed by atoms with E-state index in [-0.39, 0.29) is 12.0 Å². The second-order valence-corrected chi connectivity index (χ2v) is 7.33. The largest absolute Gasteiger partial charge is 0.375 e. The van der Waals surface area contributed by atoms with Crippen LogP contribution in [-0.2, 0) is 17.6 Å². The topological polar surface area (TPSA) is 29.5 Å². The summed E-state index contributed by atoms with van der Waals surface area (Å²) in [5.74, 6) is 0.170. The van der Waals surface area contributed by atoms with E-state index in [0.29, 0.717) is 19.7 Å². The molecule has 1 aliphatic heterocycles. The maximum Gasteiger partial charge on any atom is 0.264 e. The number of thiophene rings is 1. The van der Waals surface area contributed by atoms with Crippen LogP contribution in [0.25, 0.3) is 10.4 Å². The smallest absolute Gasteiger partial charge is 0.264 e. The number of carbonyl (C=O) groups is 1. The van der Waals surface area contributed by atoms with Crippen LogP contribution in [0.15, 0.2) is 30.3 Å². The second-order valence-electron chi connectivity index (χ2n) is 6.27. The van der Waals surface area contributed by atoms with Crippen LogP contribution in [0.4, 0.5) is 0 Å². The zero-order valence-corrected chi connectivity index (χ0v) is 14.2. The van der Waals surface area contributed by atoms with Crippen molar-refractivity contribution in [1.82, 2.24) is 4.90 Å². The van der Waals surface area contributed by atoms with Crippen molar-refractivity contribution in [2.24, 2.45) is 0 Å². The van der Waals surface area contributed by atoms with Crippen molar-refractivity contribution in [2.75, 3.05) is 19.7 Å². The number of rotatable bonds is 2. The van der Waals surface area contributed by atoms with Crippen molar-refractivity contribution in [1.29, 1.82) is 0 Å². The summed E-state index contributed by atoms with van der Waals surface area (Å²) in [5.41, 5.74) is 4.04. The third kappa shape index (κ3) is 2.70. The van der Waals surface area contributed by atoms with Gasteiger partial charge in [-0.2, -0.15) is 0 Å². The summed E-state index contributed by atoms with van der Waals surface area (Å²) < 4.78 is 5.68. The Labute approximate surface area is 140 Å². The Bertz CT molecular complexity index is 737. The van der Waals surface area contributed by atoms with Crippen LogP contribution in [0.2, 0.25) is 0 Å². The molecule has 0 radical (unpaired) electrons. The summed E-state index contributed by atoms with van der Waals surface area (Å²) >= 11 is 1.66. The lowest BCUT2D eigenvalue weighted by Gasteiger charge is -2.32. The molecule has 2 aliphatic rings. The zero-order chi connectivity index (χ0) is 15.8. The van der Waals surface area contributed by atoms with E-state index in [0.717, 1.165) is 24.1 Å². The number of fused-ring (bicyclic) bond motifs is 3. The van der Waals surface area contributed by atoms with Gasteiger partial charge in [-0.1, -0.05) is 31.2 Å². The molecule has 1 atom stereocenters. The lowest BCUT2D eigenvalue weighted by Crippen LogP contribution is -2.45. The number of benzene rings is 1. The molecule has 2 heterocycles. The molecule has 23 heavy (non-hydrogen) atoms. The average molecular weight is 327 g/mol. The lowest BCUT2D eigenvalue weighted by molar-refractivity contribution is -0.0224. The van der Waals surface area contributed by atoms with Gasteiger partial charge in [0.25, 0.3) is 5.91 Å². The molecule has 0 N–H and O–H groups in total. The second kappa shape index (κ2) is 6.10. The van der Waals surface area contributed by atoms with E-state index in [9.17, 15) is 4.79 Å². The number of hydrogen-bond donors (Lipinski definition) is 0. The molecule has 1 aromatic carbocycles. The molecule has 1 saturated heterocycles. The van der Waals surface area contributed by atoms with Crippen molar-refractivity contribution >= 4 is 17.2 Å². The van der Waals surface area contributed by atoms with Gasteiger partial charge in [0.2, 0.25) is 0 Å². The van der Waals surface area contributed by atoms with Gasteiger partial charge in [0.05, 0.1) is 17.6 Å². The molecule has 2 aromatic rings. The first-order valence-corrected chi connectivity index (χ1v) is 9.19. The number of amides is 1. The predicted octanol–water partition coefficient (Wildman–Crippen LogP) is 3.76. The third-order valence-corrected chi connectivity index (χ3v) is 6.03. The monoisotopic (exact) mass is 327 g/mol. The molecule has 4 rings (SSSR count). The van der Waals surface area contributed by atoms with Crippen LogP contribution in [0, 0.1) is 0 Å². The molecule has 1 aromatic heterocycles. The van der Waals surface area contributed by atoms with Gasteiger partial charge in [0.1, 0.15) is 0 Å². The summed E-state index contributed by atoms with van der Waals surface area (Å²) in [6, 6.07) is 10.7. The van der Waals surface area contributed by atoms with Crippen molar-refractivity contribution in [2.45, 2.75) is 32.3 Å². The minimum atomic E-state index is 0.170. The van der Waals surface area contributed by atoms with Gasteiger partial charge in [-0.05, 0) is 42.0 Å². The van der Waals surface area contributed by atoms with Gasteiger partial charge in [0, 0.05) is 18.0 Å². The third-order valence-electron chi connectivity index (χ3n) is 4.83. The summed E-state index contributed by atoms with van der Waals surface area (Å²) in [5, 5.41) is 0. The van der Waals surface area contributed by atoms with Crippen LogP contribution < -0.4 is 0 Å². The Balaban J connectivity index is 1.62. The highest BCUT2D eigenvalue weighted by molar-refractivity contribution is 7.17. The average Bonchev–Trinajstić information content (AvgIpc) is 3.06. The zero-order valence-electron chi connectivity index (χ0n) is 13.4. The minimum Gasteiger partial charge on any atom is -0.375 e. The molecule has 4 heteroatoms. The molecule has 1 aliphatic carbocycles. The van der Waals surface area contributed by atoms with Crippen LogP contribution in [0.5, 0.6) is 0 Å². The van der Waals surface area contributed by atoms with E-state index in [1.807, 2.05) is 4.90 Å². The Morgan fingerprint density at radius 3 is 3.00 bits per heavy atom. The Morgan fingerprint density at radius 2 is 2.13 bits per heavy atom. The highest BCUT2D eigenvalue weighted by Crippen LogP contribution is 2.39. The number of carbonyl (C=O) groups excluding carboxylic acids is 1. The van der Waals surface area contributed by atoms with Crippen LogP contribution in [0.1, 0.15) is 34.1 Å². The minimum absolute atomic E-state index is 0.170. The molecule has 1 unspecified atom stereocenters. The van der Waals surface area contributed by atoms with Crippen LogP contribution in [-0.4, -0.2) is 36.6 Å². The van der Waals surface area contributed by atoms with Crippen LogP contribution in [0.3, 0.4) is 0 Å². The summed E-state index contributed by atoms with van der Waals surface area (Å²) in [6.07, 6.45) is 3.25. The molecule has 0 saturated carbocycles. The van der Waals surface area contributed by atoms with Crippen molar-refractivity contribution in [3.05, 3.63) is 46.3 Å². The normalized spacial score (nSPS) is 20.0. The highest BCUT2D eigenvalue weighted by Gasteiger charge is 2.27. The van der Waals surface area contributed by atoms with Crippen molar-refractivity contribution in [3.63, 3.8) is 0 Å². The molecule has 0 spiro atoms. The summed E-state index contributed by atoms with van der Waals surface area (Å²) in [7, 11) is 0. The first kappa shape index (κ1) is 14.9. The molecular weight excluding hydrogens is 306 g/mol. The Kier molecular flexibility index (Phi) is 3.95. The first-order valence-electron chi connectivity index (χ1n) is 8.38. The van der Waals surface area contributed by atoms with Gasteiger partial charge < -0.3 is 9.64 Å². The van der Waals surface area contributed by atoms with E-state index in [1.165, 1.54) is 21.6 Å². The fourth-order valence-corrected chi connectivity index (χ4v) is 4.72. The maximum atomic E-state index is 12.9. The molecule has 3 nitrogen and oxygen atoms in total. The summed E-state index contributed by atoms with van der Waals surface area (Å²) in [4.78, 5) is 17.0. The van der Waals surface area contributed by atoms with Gasteiger partial charge >= 0.3 is 0 Å². The van der Waals surface area contributed by atoms with Crippen molar-refractivity contribution in [3.8, 4) is 10.4 Å². The van der Waals surface area contributed by atoms with E-state index in [2.05, 4.69) is 37.3 Å². The molecule has 1 fully saturated rings. The van der Waals surface area contributed by atoms with E-state index >= 15 is 0 Å². The number of ether oxygens (including phenoxy) is 1. The predicted molar refractivity (Wildman–Crippen MR) is 93.1 cm³/mol. The Hall–Kier alpha value is -1.65. The number of morpholine rings is 1. The number of nitrogens with zero attached hydrogens (tertiary/aromatic N) is 1. The highest BCUT2D eigenvalue weighted by atomic mass is 32.1. The number of aryl methyl sites for hydroxylation is 2. The van der Waals surface area contributed by atoms with E-state index in [1.54, 1.807) is 11.3 Å². The van der Waals surface area contributed by atoms with E-state index in [4.69, 9.17) is 4.74 Å². The fraction of sp³-hybridized carbons (Fsp3) is 0.421. The number of hydrogen-bond acceptors (Lipinski definition) is 3. The molecular formula is C19H21NO2S. The quantitative estimate of drug-likeness (QED) is 0.840. The first-order chi connectivity index (χ1) is 11.3. The fourth-order valence-electron chi connectivity index (χ4n) is 3.48. The van der Waals surface area contributed by atoms with Crippen LogP contribution >= 0.6 is 11.3 Å². The standard InChI is InChI=1S/C19H21NO2S/c1-2-15-12-20(9-10-22-15)19(21)17-11-14-8-7-13-5-3-4-6-16(13)18(14)23-17/h3-6,11,15H,2,7-10,12H2,1H3. The Morgan fingerprint density at radius 1 is 1.30 bits per heavy atom. The molecule has 1 amide bonds. The summed E-state index contributed by atoms with van der Waals surface area (Å²) in [6.45, 7) is 4.18. The van der Waals surface area contributed by atoms with Crippen molar-refractivity contribution < 1.29 is 9.53 Å². The lowest BCUT2D eigenvalue weighted by atomic mass is 9.91. The maximum absolute atomic E-state index is 12.9. The van der Waals surface area contributed by atoms with Gasteiger partial charge in [0.15, 0.2) is 0 Å². The van der Waals surface area contributed by atoms with E-state index < -0.39 is 0 Å². The molecule has 120 valence electrons.